The van der Waals surface area contributed by atoms with Gasteiger partial charge in [-0.3, -0.25) is 4.98 Å². The molecule has 1 aliphatic heterocycles. The van der Waals surface area contributed by atoms with Crippen molar-refractivity contribution < 1.29 is 17.9 Å². The Morgan fingerprint density at radius 3 is 2.71 bits per heavy atom. The molecule has 1 saturated carbocycles. The third kappa shape index (κ3) is 3.20. The van der Waals surface area contributed by atoms with Crippen LogP contribution in [0.25, 0.3) is 10.9 Å². The highest BCUT2D eigenvalue weighted by molar-refractivity contribution is 5.91. The highest BCUT2D eigenvalue weighted by Crippen LogP contribution is 2.39. The van der Waals surface area contributed by atoms with E-state index in [0.717, 1.165) is 42.7 Å². The summed E-state index contributed by atoms with van der Waals surface area (Å²) in [7, 11) is 0. The van der Waals surface area contributed by atoms with Crippen LogP contribution in [0.4, 0.5) is 18.9 Å². The highest BCUT2D eigenvalue weighted by atomic mass is 19.4. The van der Waals surface area contributed by atoms with Gasteiger partial charge in [0.15, 0.2) is 0 Å². The van der Waals surface area contributed by atoms with Crippen molar-refractivity contribution in [1.82, 2.24) is 4.98 Å². The van der Waals surface area contributed by atoms with Crippen LogP contribution in [0.2, 0.25) is 0 Å². The van der Waals surface area contributed by atoms with E-state index in [1.165, 1.54) is 18.9 Å². The monoisotopic (exact) mass is 336 g/mol. The predicted octanol–water partition coefficient (Wildman–Crippen LogP) is 4.62. The topological polar surface area (TPSA) is 34.1 Å². The minimum absolute atomic E-state index is 0.289. The summed E-state index contributed by atoms with van der Waals surface area (Å²) in [5.74, 6) is 0.693. The first-order valence-corrected chi connectivity index (χ1v) is 8.35. The molecule has 1 aromatic carbocycles. The summed E-state index contributed by atoms with van der Waals surface area (Å²) in [5, 5.41) is 4.22. The van der Waals surface area contributed by atoms with Crippen molar-refractivity contribution in [2.45, 2.75) is 44.0 Å². The number of nitrogens with zero attached hydrogens (tertiary/aromatic N) is 1. The fraction of sp³-hybridized carbons (Fsp3) is 0.500. The van der Waals surface area contributed by atoms with E-state index in [-0.39, 0.29) is 6.04 Å². The summed E-state index contributed by atoms with van der Waals surface area (Å²) < 4.78 is 44.4. The van der Waals surface area contributed by atoms with Gasteiger partial charge >= 0.3 is 6.18 Å². The van der Waals surface area contributed by atoms with Crippen molar-refractivity contribution in [3.8, 4) is 0 Å². The molecule has 128 valence electrons. The number of nitrogens with one attached hydrogen (secondary N) is 1. The van der Waals surface area contributed by atoms with E-state index >= 15 is 0 Å². The molecule has 2 aromatic rings. The summed E-state index contributed by atoms with van der Waals surface area (Å²) in [6, 6.07) is 5.85. The van der Waals surface area contributed by atoms with Crippen molar-refractivity contribution in [3.63, 3.8) is 0 Å². The van der Waals surface area contributed by atoms with Crippen LogP contribution in [-0.4, -0.2) is 23.7 Å². The summed E-state index contributed by atoms with van der Waals surface area (Å²) in [6.07, 6.45) is 1.88. The van der Waals surface area contributed by atoms with Gasteiger partial charge in [-0.1, -0.05) is 6.07 Å². The van der Waals surface area contributed by atoms with Gasteiger partial charge in [0.2, 0.25) is 0 Å². The minimum Gasteiger partial charge on any atom is -0.382 e. The molecule has 2 unspecified atom stereocenters. The number of hydrogen-bond donors (Lipinski definition) is 1. The number of benzene rings is 1. The van der Waals surface area contributed by atoms with Crippen molar-refractivity contribution in [3.05, 3.63) is 36.0 Å². The van der Waals surface area contributed by atoms with Crippen molar-refractivity contribution >= 4 is 16.6 Å². The summed E-state index contributed by atoms with van der Waals surface area (Å²) in [6.45, 7) is 0.736. The van der Waals surface area contributed by atoms with Crippen molar-refractivity contribution in [1.29, 1.82) is 0 Å². The van der Waals surface area contributed by atoms with Crippen LogP contribution in [-0.2, 0) is 10.9 Å². The van der Waals surface area contributed by atoms with Gasteiger partial charge in [0.25, 0.3) is 0 Å². The molecule has 6 heteroatoms. The molecule has 24 heavy (non-hydrogen) atoms. The lowest BCUT2D eigenvalue weighted by Crippen LogP contribution is -2.35. The van der Waals surface area contributed by atoms with E-state index in [4.69, 9.17) is 4.74 Å². The Bertz CT molecular complexity index is 743. The second-order valence-electron chi connectivity index (χ2n) is 6.70. The minimum atomic E-state index is -4.35. The molecule has 0 radical (unpaired) electrons. The average molecular weight is 336 g/mol. The SMILES string of the molecule is FC(F)(F)c1ccc2c(NC3CCOC(C4CC4)C3)ccnc2c1. The Morgan fingerprint density at radius 2 is 1.96 bits per heavy atom. The molecule has 2 heterocycles. The molecular weight excluding hydrogens is 317 g/mol. The highest BCUT2D eigenvalue weighted by Gasteiger charge is 2.36. The maximum Gasteiger partial charge on any atom is 0.416 e. The van der Waals surface area contributed by atoms with Crippen LogP contribution in [0.1, 0.15) is 31.2 Å². The van der Waals surface area contributed by atoms with E-state index in [0.29, 0.717) is 17.5 Å². The normalized spacial score (nSPS) is 25.0. The second-order valence-corrected chi connectivity index (χ2v) is 6.70. The Morgan fingerprint density at radius 1 is 1.12 bits per heavy atom. The fourth-order valence-electron chi connectivity index (χ4n) is 3.43. The number of ether oxygens (including phenoxy) is 1. The molecule has 2 aliphatic rings. The molecule has 1 aromatic heterocycles. The molecule has 4 rings (SSSR count). The summed E-state index contributed by atoms with van der Waals surface area (Å²) in [5.41, 5.74) is 0.537. The van der Waals surface area contributed by atoms with Gasteiger partial charge in [-0.2, -0.15) is 13.2 Å². The smallest absolute Gasteiger partial charge is 0.382 e. The average Bonchev–Trinajstić information content (AvgIpc) is 3.39. The van der Waals surface area contributed by atoms with Crippen LogP contribution >= 0.6 is 0 Å². The maximum atomic E-state index is 12.9. The Kier molecular flexibility index (Phi) is 3.87. The number of anilines is 1. The first-order valence-electron chi connectivity index (χ1n) is 8.35. The number of rotatable bonds is 3. The van der Waals surface area contributed by atoms with Crippen LogP contribution in [0.3, 0.4) is 0 Å². The molecule has 1 N–H and O–H groups in total. The lowest BCUT2D eigenvalue weighted by atomic mass is 9.99. The van der Waals surface area contributed by atoms with E-state index in [9.17, 15) is 13.2 Å². The molecule has 1 saturated heterocycles. The summed E-state index contributed by atoms with van der Waals surface area (Å²) >= 11 is 0. The lowest BCUT2D eigenvalue weighted by Gasteiger charge is -2.31. The van der Waals surface area contributed by atoms with Crippen LogP contribution in [0.15, 0.2) is 30.5 Å². The zero-order chi connectivity index (χ0) is 16.7. The van der Waals surface area contributed by atoms with Gasteiger partial charge in [-0.25, -0.2) is 0 Å². The standard InChI is InChI=1S/C18H19F3N2O/c19-18(20,21)12-3-4-14-15(5-7-22-16(14)9-12)23-13-6-8-24-17(10-13)11-1-2-11/h3-5,7,9,11,13,17H,1-2,6,8,10H2,(H,22,23). The second kappa shape index (κ2) is 5.92. The van der Waals surface area contributed by atoms with Gasteiger partial charge in [0, 0.05) is 29.9 Å². The molecule has 2 atom stereocenters. The Balaban J connectivity index is 1.57. The zero-order valence-electron chi connectivity index (χ0n) is 13.1. The third-order valence-corrected chi connectivity index (χ3v) is 4.89. The van der Waals surface area contributed by atoms with Gasteiger partial charge in [-0.05, 0) is 49.8 Å². The number of aromatic nitrogens is 1. The van der Waals surface area contributed by atoms with Crippen LogP contribution < -0.4 is 5.32 Å². The van der Waals surface area contributed by atoms with Gasteiger partial charge in [0.05, 0.1) is 17.2 Å². The zero-order valence-corrected chi connectivity index (χ0v) is 13.1. The maximum absolute atomic E-state index is 12.9. The largest absolute Gasteiger partial charge is 0.416 e. The van der Waals surface area contributed by atoms with E-state index in [2.05, 4.69) is 10.3 Å². The molecule has 2 fully saturated rings. The van der Waals surface area contributed by atoms with Crippen molar-refractivity contribution in [2.24, 2.45) is 5.92 Å². The molecular formula is C18H19F3N2O. The van der Waals surface area contributed by atoms with Crippen molar-refractivity contribution in [2.75, 3.05) is 11.9 Å². The predicted molar refractivity (Wildman–Crippen MR) is 85.9 cm³/mol. The number of fused-ring (bicyclic) bond motifs is 1. The Hall–Kier alpha value is -1.82. The van der Waals surface area contributed by atoms with E-state index in [1.807, 2.05) is 6.07 Å². The molecule has 1 aliphatic carbocycles. The number of alkyl halides is 3. The van der Waals surface area contributed by atoms with Gasteiger partial charge in [-0.15, -0.1) is 0 Å². The molecule has 3 nitrogen and oxygen atoms in total. The van der Waals surface area contributed by atoms with Gasteiger partial charge in [0.1, 0.15) is 0 Å². The number of pyridine rings is 1. The van der Waals surface area contributed by atoms with E-state index < -0.39 is 11.7 Å². The fourth-order valence-corrected chi connectivity index (χ4v) is 3.43. The first kappa shape index (κ1) is 15.7. The van der Waals surface area contributed by atoms with Crippen LogP contribution in [0, 0.1) is 5.92 Å². The molecule has 0 amide bonds. The third-order valence-electron chi connectivity index (χ3n) is 4.89. The quantitative estimate of drug-likeness (QED) is 0.888. The van der Waals surface area contributed by atoms with Crippen LogP contribution in [0.5, 0.6) is 0 Å². The molecule has 0 spiro atoms. The Labute approximate surface area is 138 Å². The van der Waals surface area contributed by atoms with Gasteiger partial charge < -0.3 is 10.1 Å². The van der Waals surface area contributed by atoms with E-state index in [1.54, 1.807) is 6.20 Å². The number of halogens is 3. The lowest BCUT2D eigenvalue weighted by molar-refractivity contribution is -0.137. The summed E-state index contributed by atoms with van der Waals surface area (Å²) in [4.78, 5) is 4.10. The number of hydrogen-bond acceptors (Lipinski definition) is 3. The first-order chi connectivity index (χ1) is 11.5. The molecule has 0 bridgehead atoms.